The number of hydrogen-bond donors (Lipinski definition) is 2. The number of carbonyl (C=O) groups excluding carboxylic acids is 1. The summed E-state index contributed by atoms with van der Waals surface area (Å²) in [5, 5.41) is 5.50. The lowest BCUT2D eigenvalue weighted by Crippen LogP contribution is -2.15. The van der Waals surface area contributed by atoms with E-state index in [1.165, 1.54) is 11.3 Å². The summed E-state index contributed by atoms with van der Waals surface area (Å²) in [6, 6.07) is 7.58. The Balaban J connectivity index is 1.98. The van der Waals surface area contributed by atoms with Gasteiger partial charge in [0, 0.05) is 15.7 Å². The lowest BCUT2D eigenvalue weighted by Gasteiger charge is -2.14. The highest BCUT2D eigenvalue weighted by molar-refractivity contribution is 7.80. The van der Waals surface area contributed by atoms with E-state index in [0.29, 0.717) is 11.6 Å². The van der Waals surface area contributed by atoms with Crippen LogP contribution in [0.5, 0.6) is 0 Å². The molecule has 0 fully saturated rings. The van der Waals surface area contributed by atoms with Crippen molar-refractivity contribution in [3.05, 3.63) is 40.9 Å². The van der Waals surface area contributed by atoms with Crippen molar-refractivity contribution >= 4 is 35.0 Å². The molecule has 0 radical (unpaired) electrons. The zero-order valence-corrected chi connectivity index (χ0v) is 13.5. The number of aromatic nitrogens is 1. The maximum absolute atomic E-state index is 12.0. The molecule has 5 heteroatoms. The Hall–Kier alpha value is -1.33. The lowest BCUT2D eigenvalue weighted by molar-refractivity contribution is -0.115. The number of nitrogens with zero attached hydrogens (tertiary/aromatic N) is 1. The monoisotopic (exact) mass is 306 g/mol. The van der Waals surface area contributed by atoms with Gasteiger partial charge in [-0.2, -0.15) is 0 Å². The molecule has 0 bridgehead atoms. The molecule has 1 heterocycles. The molecular weight excluding hydrogens is 288 g/mol. The largest absolute Gasteiger partial charge is 0.302 e. The number of benzene rings is 1. The second-order valence-corrected chi connectivity index (χ2v) is 7.05. The predicted molar refractivity (Wildman–Crippen MR) is 86.8 cm³/mol. The fourth-order valence-electron chi connectivity index (χ4n) is 1.64. The number of rotatable bonds is 3. The fourth-order valence-corrected chi connectivity index (χ4v) is 2.74. The van der Waals surface area contributed by atoms with Crippen LogP contribution in [0.15, 0.2) is 34.5 Å². The third-order valence-corrected chi connectivity index (χ3v) is 3.88. The molecule has 1 aromatic heterocycles. The van der Waals surface area contributed by atoms with Crippen molar-refractivity contribution in [3.8, 4) is 0 Å². The van der Waals surface area contributed by atoms with Gasteiger partial charge < -0.3 is 5.32 Å². The third-order valence-electron chi connectivity index (χ3n) is 2.82. The van der Waals surface area contributed by atoms with Crippen molar-refractivity contribution in [2.45, 2.75) is 37.5 Å². The van der Waals surface area contributed by atoms with E-state index in [4.69, 9.17) is 0 Å². The third kappa shape index (κ3) is 4.08. The summed E-state index contributed by atoms with van der Waals surface area (Å²) in [7, 11) is 0. The Bertz CT molecular complexity index is 597. The van der Waals surface area contributed by atoms with E-state index in [2.05, 4.69) is 43.7 Å². The van der Waals surface area contributed by atoms with Crippen LogP contribution in [0.3, 0.4) is 0 Å². The summed E-state index contributed by atoms with van der Waals surface area (Å²) in [5.74, 6) is -0.0493. The molecule has 0 saturated heterocycles. The zero-order chi connectivity index (χ0) is 14.8. The highest BCUT2D eigenvalue weighted by atomic mass is 32.1. The molecule has 2 rings (SSSR count). The van der Waals surface area contributed by atoms with E-state index in [1.54, 1.807) is 0 Å². The topological polar surface area (TPSA) is 42.0 Å². The first-order valence-electron chi connectivity index (χ1n) is 6.38. The van der Waals surface area contributed by atoms with Gasteiger partial charge in [0.15, 0.2) is 5.13 Å². The average molecular weight is 306 g/mol. The molecule has 0 spiro atoms. The van der Waals surface area contributed by atoms with Gasteiger partial charge in [-0.1, -0.05) is 32.9 Å². The summed E-state index contributed by atoms with van der Waals surface area (Å²) in [6.07, 6.45) is 0.346. The van der Waals surface area contributed by atoms with Crippen molar-refractivity contribution < 1.29 is 4.79 Å². The van der Waals surface area contributed by atoms with Crippen LogP contribution in [-0.2, 0) is 16.6 Å². The average Bonchev–Trinajstić information content (AvgIpc) is 2.80. The highest BCUT2D eigenvalue weighted by Crippen LogP contribution is 2.26. The van der Waals surface area contributed by atoms with Gasteiger partial charge in [-0.25, -0.2) is 4.98 Å². The van der Waals surface area contributed by atoms with Gasteiger partial charge in [0.1, 0.15) is 0 Å². The van der Waals surface area contributed by atoms with Gasteiger partial charge in [0.25, 0.3) is 0 Å². The Kier molecular flexibility index (Phi) is 4.50. The quantitative estimate of drug-likeness (QED) is 0.844. The minimum Gasteiger partial charge on any atom is -0.302 e. The van der Waals surface area contributed by atoms with E-state index in [9.17, 15) is 4.79 Å². The standard InChI is InChI=1S/C15H18N2OS2/c1-15(2,3)12-9-20-14(16-12)17-13(18)8-10-4-6-11(19)7-5-10/h4-7,9,19H,8H2,1-3H3,(H,16,17,18). The van der Waals surface area contributed by atoms with Crippen LogP contribution >= 0.6 is 24.0 Å². The van der Waals surface area contributed by atoms with Crippen LogP contribution in [0.1, 0.15) is 32.0 Å². The molecule has 0 aliphatic rings. The Morgan fingerprint density at radius 2 is 1.95 bits per heavy atom. The summed E-state index contributed by atoms with van der Waals surface area (Å²) in [6.45, 7) is 6.31. The first-order chi connectivity index (χ1) is 9.34. The van der Waals surface area contributed by atoms with Crippen LogP contribution in [0.4, 0.5) is 5.13 Å². The molecule has 0 aliphatic heterocycles. The summed E-state index contributed by atoms with van der Waals surface area (Å²) >= 11 is 5.69. The Labute approximate surface area is 128 Å². The smallest absolute Gasteiger partial charge is 0.230 e. The van der Waals surface area contributed by atoms with Gasteiger partial charge in [-0.3, -0.25) is 4.79 Å². The number of amides is 1. The maximum atomic E-state index is 12.0. The lowest BCUT2D eigenvalue weighted by atomic mass is 9.93. The molecule has 20 heavy (non-hydrogen) atoms. The highest BCUT2D eigenvalue weighted by Gasteiger charge is 2.18. The fraction of sp³-hybridized carbons (Fsp3) is 0.333. The maximum Gasteiger partial charge on any atom is 0.230 e. The number of thiol groups is 1. The second-order valence-electron chi connectivity index (χ2n) is 5.68. The van der Waals surface area contributed by atoms with Crippen LogP contribution in [-0.4, -0.2) is 10.9 Å². The number of hydrogen-bond acceptors (Lipinski definition) is 4. The molecular formula is C15H18N2OS2. The van der Waals surface area contributed by atoms with Crippen molar-refractivity contribution in [2.24, 2.45) is 0 Å². The zero-order valence-electron chi connectivity index (χ0n) is 11.8. The molecule has 3 nitrogen and oxygen atoms in total. The molecule has 1 aromatic carbocycles. The van der Waals surface area contributed by atoms with Crippen LogP contribution in [0.25, 0.3) is 0 Å². The van der Waals surface area contributed by atoms with Crippen molar-refractivity contribution in [3.63, 3.8) is 0 Å². The minimum atomic E-state index is -0.0493. The summed E-state index contributed by atoms with van der Waals surface area (Å²) in [4.78, 5) is 17.3. The SMILES string of the molecule is CC(C)(C)c1csc(NC(=O)Cc2ccc(S)cc2)n1. The molecule has 2 aromatic rings. The van der Waals surface area contributed by atoms with Crippen LogP contribution in [0.2, 0.25) is 0 Å². The Morgan fingerprint density at radius 3 is 2.50 bits per heavy atom. The van der Waals surface area contributed by atoms with Gasteiger partial charge >= 0.3 is 0 Å². The van der Waals surface area contributed by atoms with Gasteiger partial charge in [0.05, 0.1) is 12.1 Å². The first kappa shape index (κ1) is 15.1. The van der Waals surface area contributed by atoms with Crippen LogP contribution < -0.4 is 5.32 Å². The molecule has 1 N–H and O–H groups in total. The number of carbonyl (C=O) groups is 1. The molecule has 0 unspecified atom stereocenters. The van der Waals surface area contributed by atoms with E-state index in [0.717, 1.165) is 16.2 Å². The summed E-state index contributed by atoms with van der Waals surface area (Å²) < 4.78 is 0. The van der Waals surface area contributed by atoms with Gasteiger partial charge in [-0.05, 0) is 17.7 Å². The van der Waals surface area contributed by atoms with E-state index < -0.39 is 0 Å². The van der Waals surface area contributed by atoms with E-state index in [1.807, 2.05) is 29.6 Å². The first-order valence-corrected chi connectivity index (χ1v) is 7.71. The van der Waals surface area contributed by atoms with E-state index >= 15 is 0 Å². The minimum absolute atomic E-state index is 0.00186. The number of anilines is 1. The predicted octanol–water partition coefficient (Wildman–Crippen LogP) is 3.91. The van der Waals surface area contributed by atoms with Crippen LogP contribution in [0, 0.1) is 0 Å². The van der Waals surface area contributed by atoms with Crippen molar-refractivity contribution in [1.29, 1.82) is 0 Å². The van der Waals surface area contributed by atoms with Crippen molar-refractivity contribution in [1.82, 2.24) is 4.98 Å². The Morgan fingerprint density at radius 1 is 1.30 bits per heavy atom. The second kappa shape index (κ2) is 5.97. The molecule has 0 saturated carbocycles. The van der Waals surface area contributed by atoms with Gasteiger partial charge in [0.2, 0.25) is 5.91 Å². The molecule has 1 amide bonds. The molecule has 106 valence electrons. The summed E-state index contributed by atoms with van der Waals surface area (Å²) in [5.41, 5.74) is 1.96. The van der Waals surface area contributed by atoms with E-state index in [-0.39, 0.29) is 11.3 Å². The number of thiazole rings is 1. The van der Waals surface area contributed by atoms with Gasteiger partial charge in [-0.15, -0.1) is 24.0 Å². The van der Waals surface area contributed by atoms with Crippen molar-refractivity contribution in [2.75, 3.05) is 5.32 Å². The molecule has 0 atom stereocenters. The number of nitrogens with one attached hydrogen (secondary N) is 1. The molecule has 0 aliphatic carbocycles. The normalized spacial score (nSPS) is 11.4.